The fourth-order valence-corrected chi connectivity index (χ4v) is 4.78. The number of aliphatic imine (C=N–C) groups is 1. The number of benzene rings is 1. The van der Waals surface area contributed by atoms with Crippen LogP contribution in [0.15, 0.2) is 29.3 Å². The van der Waals surface area contributed by atoms with Crippen molar-refractivity contribution in [3.8, 4) is 0 Å². The fourth-order valence-electron chi connectivity index (χ4n) is 4.78. The van der Waals surface area contributed by atoms with Crippen molar-refractivity contribution in [3.63, 3.8) is 0 Å². The van der Waals surface area contributed by atoms with Crippen LogP contribution in [0.3, 0.4) is 0 Å². The molecular weight excluding hydrogens is 550 g/mol. The molecule has 0 aromatic heterocycles. The molecule has 1 aromatic rings. The van der Waals surface area contributed by atoms with Gasteiger partial charge in [-0.3, -0.25) is 29.5 Å². The maximum Gasteiger partial charge on any atom is 0.328 e. The number of carbonyl (C=O) groups is 4. The summed E-state index contributed by atoms with van der Waals surface area (Å²) in [6.45, 7) is 1.51. The fraction of sp³-hybridized carbons (Fsp3) is 0.593. The maximum atomic E-state index is 13.4. The minimum Gasteiger partial charge on any atom is -0.467 e. The molecule has 0 aliphatic heterocycles. The number of amides is 3. The second-order valence-corrected chi connectivity index (χ2v) is 10.3. The van der Waals surface area contributed by atoms with Crippen LogP contribution >= 0.6 is 0 Å². The highest BCUT2D eigenvalue weighted by molar-refractivity contribution is 5.94. The number of hydrogen-bond acceptors (Lipinski definition) is 9. The van der Waals surface area contributed by atoms with Crippen molar-refractivity contribution in [2.75, 3.05) is 13.7 Å². The predicted octanol–water partition coefficient (Wildman–Crippen LogP) is -0.221. The molecule has 2 rings (SSSR count). The lowest BCUT2D eigenvalue weighted by Crippen LogP contribution is -2.60. The quantitative estimate of drug-likeness (QED) is 0.0391. The minimum absolute atomic E-state index is 0.0106. The lowest BCUT2D eigenvalue weighted by atomic mass is 9.83. The van der Waals surface area contributed by atoms with E-state index in [9.17, 15) is 34.4 Å². The zero-order valence-electron chi connectivity index (χ0n) is 23.9. The van der Waals surface area contributed by atoms with E-state index < -0.39 is 52.8 Å². The Balaban J connectivity index is 2.20. The largest absolute Gasteiger partial charge is 0.467 e. The second kappa shape index (κ2) is 16.9. The highest BCUT2D eigenvalue weighted by atomic mass is 16.6. The third kappa shape index (κ3) is 11.0. The average molecular weight is 592 g/mol. The Morgan fingerprint density at radius 3 is 2.26 bits per heavy atom. The van der Waals surface area contributed by atoms with Gasteiger partial charge in [0.25, 0.3) is 5.69 Å². The van der Waals surface area contributed by atoms with Crippen molar-refractivity contribution in [1.82, 2.24) is 16.0 Å². The van der Waals surface area contributed by atoms with Gasteiger partial charge in [-0.05, 0) is 37.7 Å². The van der Waals surface area contributed by atoms with Crippen LogP contribution in [0.1, 0.15) is 57.4 Å². The number of esters is 1. The van der Waals surface area contributed by atoms with Gasteiger partial charge < -0.3 is 37.3 Å². The number of hydrogen-bond donors (Lipinski definition) is 6. The van der Waals surface area contributed by atoms with Crippen LogP contribution in [0.4, 0.5) is 5.69 Å². The van der Waals surface area contributed by atoms with Crippen LogP contribution in [-0.4, -0.2) is 77.6 Å². The summed E-state index contributed by atoms with van der Waals surface area (Å²) >= 11 is 0. The van der Waals surface area contributed by atoms with E-state index in [1.165, 1.54) is 38.3 Å². The third-order valence-electron chi connectivity index (χ3n) is 7.03. The van der Waals surface area contributed by atoms with E-state index in [0.717, 1.165) is 32.1 Å². The van der Waals surface area contributed by atoms with Crippen LogP contribution in [-0.2, 0) is 30.3 Å². The molecular formula is C27H41N7O8. The zero-order chi connectivity index (χ0) is 31.2. The first-order valence-corrected chi connectivity index (χ1v) is 13.9. The predicted molar refractivity (Wildman–Crippen MR) is 153 cm³/mol. The van der Waals surface area contributed by atoms with Crippen LogP contribution in [0.5, 0.6) is 0 Å². The molecule has 1 aromatic carbocycles. The summed E-state index contributed by atoms with van der Waals surface area (Å²) < 4.78 is 4.90. The molecule has 42 heavy (non-hydrogen) atoms. The van der Waals surface area contributed by atoms with Crippen molar-refractivity contribution < 1.29 is 33.9 Å². The third-order valence-corrected chi connectivity index (χ3v) is 7.03. The number of nitrogens with two attached hydrogens (primary N) is 2. The topological polar surface area (TPSA) is 241 Å². The number of aliphatic hydroxyl groups excluding tert-OH is 1. The van der Waals surface area contributed by atoms with Crippen LogP contribution < -0.4 is 27.4 Å². The minimum atomic E-state index is -1.45. The Morgan fingerprint density at radius 2 is 1.71 bits per heavy atom. The molecule has 15 nitrogen and oxygen atoms in total. The second-order valence-electron chi connectivity index (χ2n) is 10.3. The summed E-state index contributed by atoms with van der Waals surface area (Å²) in [6.07, 6.45) is 3.14. The van der Waals surface area contributed by atoms with E-state index in [4.69, 9.17) is 16.2 Å². The van der Waals surface area contributed by atoms with Crippen molar-refractivity contribution in [2.24, 2.45) is 22.4 Å². The number of rotatable bonds is 15. The molecule has 4 atom stereocenters. The number of methoxy groups -OCH3 is 1. The van der Waals surface area contributed by atoms with Gasteiger partial charge in [0.15, 0.2) is 5.96 Å². The molecule has 1 unspecified atom stereocenters. The molecule has 15 heteroatoms. The molecule has 232 valence electrons. The molecule has 1 aliphatic rings. The van der Waals surface area contributed by atoms with Gasteiger partial charge in [0, 0.05) is 31.5 Å². The summed E-state index contributed by atoms with van der Waals surface area (Å²) in [4.78, 5) is 66.1. The Labute approximate surface area is 244 Å². The average Bonchev–Trinajstić information content (AvgIpc) is 2.96. The summed E-state index contributed by atoms with van der Waals surface area (Å²) in [5.41, 5.74) is 10.9. The van der Waals surface area contributed by atoms with E-state index in [0.29, 0.717) is 12.0 Å². The van der Waals surface area contributed by atoms with Gasteiger partial charge in [0.1, 0.15) is 18.1 Å². The van der Waals surface area contributed by atoms with Crippen LogP contribution in [0.2, 0.25) is 0 Å². The zero-order valence-corrected chi connectivity index (χ0v) is 23.9. The standard InChI is InChI=1S/C27H41N7O8/c1-16(35)22(25(38)33-23(26(39)42-2)18-7-4-3-5-8-18)32-24(37)20(31-21(36)9-6-14-30-27(28)29)15-17-10-12-19(13-11-17)34(40)41/h10-13,16,18,20,22-23,35H,3-9,14-15H2,1-2H3,(H,31,36)(H,32,37)(H,33,38)(H4,28,29,30)/t16?,20-,22-,23-/m0/s1. The van der Waals surface area contributed by atoms with Gasteiger partial charge in [0.2, 0.25) is 17.7 Å². The van der Waals surface area contributed by atoms with Crippen molar-refractivity contribution >= 4 is 35.3 Å². The van der Waals surface area contributed by atoms with Gasteiger partial charge in [-0.15, -0.1) is 0 Å². The number of carbonyl (C=O) groups excluding carboxylic acids is 4. The monoisotopic (exact) mass is 591 g/mol. The Bertz CT molecular complexity index is 1120. The van der Waals surface area contributed by atoms with Crippen molar-refractivity contribution in [2.45, 2.75) is 82.5 Å². The number of nitrogens with zero attached hydrogens (tertiary/aromatic N) is 2. The summed E-state index contributed by atoms with van der Waals surface area (Å²) in [7, 11) is 1.22. The maximum absolute atomic E-state index is 13.4. The number of guanidine groups is 1. The Morgan fingerprint density at radius 1 is 1.07 bits per heavy atom. The number of nitro benzene ring substituents is 1. The molecule has 8 N–H and O–H groups in total. The SMILES string of the molecule is COC(=O)[C@@H](NC(=O)[C@@H](NC(=O)[C@H](Cc1ccc([N+](=O)[O-])cc1)NC(=O)CCCN=C(N)N)C(C)O)C1CCCCC1. The molecule has 0 saturated heterocycles. The van der Waals surface area contributed by atoms with Crippen LogP contribution in [0.25, 0.3) is 0 Å². The smallest absolute Gasteiger partial charge is 0.328 e. The highest BCUT2D eigenvalue weighted by Crippen LogP contribution is 2.27. The van der Waals surface area contributed by atoms with E-state index in [-0.39, 0.29) is 37.0 Å². The molecule has 0 bridgehead atoms. The van der Waals surface area contributed by atoms with Gasteiger partial charge in [0.05, 0.1) is 18.1 Å². The number of ether oxygens (including phenoxy) is 1. The van der Waals surface area contributed by atoms with E-state index in [1.54, 1.807) is 0 Å². The van der Waals surface area contributed by atoms with Crippen molar-refractivity contribution in [3.05, 3.63) is 39.9 Å². The lowest BCUT2D eigenvalue weighted by Gasteiger charge is -2.31. The number of aliphatic hydroxyl groups is 1. The van der Waals surface area contributed by atoms with Crippen molar-refractivity contribution in [1.29, 1.82) is 0 Å². The summed E-state index contributed by atoms with van der Waals surface area (Å²) in [5.74, 6) is -2.94. The van der Waals surface area contributed by atoms with Gasteiger partial charge >= 0.3 is 5.97 Å². The molecule has 1 fully saturated rings. The molecule has 1 aliphatic carbocycles. The highest BCUT2D eigenvalue weighted by Gasteiger charge is 2.36. The lowest BCUT2D eigenvalue weighted by molar-refractivity contribution is -0.384. The number of nitrogens with one attached hydrogen (secondary N) is 3. The summed E-state index contributed by atoms with van der Waals surface area (Å²) in [6, 6.07) is 1.84. The molecule has 1 saturated carbocycles. The number of non-ortho nitro benzene ring substituents is 1. The van der Waals surface area contributed by atoms with Gasteiger partial charge in [-0.2, -0.15) is 0 Å². The van der Waals surface area contributed by atoms with Gasteiger partial charge in [-0.1, -0.05) is 31.4 Å². The van der Waals surface area contributed by atoms with E-state index in [2.05, 4.69) is 20.9 Å². The number of nitro groups is 1. The molecule has 0 spiro atoms. The van der Waals surface area contributed by atoms with Crippen LogP contribution in [0, 0.1) is 16.0 Å². The Hall–Kier alpha value is -4.27. The molecule has 0 heterocycles. The first-order valence-electron chi connectivity index (χ1n) is 13.9. The first kappa shape index (κ1) is 33.9. The summed E-state index contributed by atoms with van der Waals surface area (Å²) in [5, 5.41) is 29.2. The Kier molecular flexibility index (Phi) is 13.6. The normalized spacial score (nSPS) is 16.2. The molecule has 3 amide bonds. The first-order chi connectivity index (χ1) is 19.9. The van der Waals surface area contributed by atoms with E-state index >= 15 is 0 Å². The van der Waals surface area contributed by atoms with Gasteiger partial charge in [-0.25, -0.2) is 4.79 Å². The molecule has 0 radical (unpaired) electrons. The van der Waals surface area contributed by atoms with E-state index in [1.807, 2.05) is 0 Å².